The van der Waals surface area contributed by atoms with E-state index < -0.39 is 23.5 Å². The summed E-state index contributed by atoms with van der Waals surface area (Å²) in [4.78, 5) is 51.8. The number of halogens is 1. The molecule has 0 aliphatic carbocycles. The lowest BCUT2D eigenvalue weighted by Gasteiger charge is -2.11. The number of carbonyl (C=O) groups excluding carboxylic acids is 3. The third-order valence-electron chi connectivity index (χ3n) is 6.36. The topological polar surface area (TPSA) is 196 Å². The van der Waals surface area contributed by atoms with Gasteiger partial charge in [-0.15, -0.1) is 10.2 Å². The van der Waals surface area contributed by atoms with E-state index in [0.717, 1.165) is 45.9 Å². The number of nitrogens with zero attached hydrogens (tertiary/aromatic N) is 6. The molecule has 316 valence electrons. The van der Waals surface area contributed by atoms with Crippen LogP contribution >= 0.6 is 11.6 Å². The highest BCUT2D eigenvalue weighted by Crippen LogP contribution is 2.25. The molecule has 16 nitrogen and oxygen atoms in total. The zero-order chi connectivity index (χ0) is 42.7. The second-order valence-electron chi connectivity index (χ2n) is 13.8. The Hall–Kier alpha value is -6.03. The first-order valence-electron chi connectivity index (χ1n) is 18.0. The number of aryl methyl sites for hydroxylation is 2. The molecule has 0 saturated heterocycles. The molecule has 0 aliphatic rings. The zero-order valence-corrected chi connectivity index (χ0v) is 34.6. The van der Waals surface area contributed by atoms with E-state index in [9.17, 15) is 19.2 Å². The van der Waals surface area contributed by atoms with Crippen LogP contribution < -0.4 is 9.47 Å². The normalized spacial score (nSPS) is 10.8. The van der Waals surface area contributed by atoms with Crippen LogP contribution in [0, 0.1) is 25.7 Å². The average molecular weight is 827 g/mol. The van der Waals surface area contributed by atoms with Gasteiger partial charge < -0.3 is 28.8 Å². The summed E-state index contributed by atoms with van der Waals surface area (Å²) in [7, 11) is 0. The van der Waals surface area contributed by atoms with E-state index in [4.69, 9.17) is 30.9 Å². The molecular weight excluding hydrogens is 772 g/mol. The Morgan fingerprint density at radius 2 is 1.12 bits per heavy atom. The van der Waals surface area contributed by atoms with Gasteiger partial charge in [-0.3, -0.25) is 0 Å². The lowest BCUT2D eigenvalue weighted by atomic mass is 10.1. The van der Waals surface area contributed by atoms with Gasteiger partial charge in [0.1, 0.15) is 24.2 Å². The summed E-state index contributed by atoms with van der Waals surface area (Å²) in [5.74, 6) is 1.12. The van der Waals surface area contributed by atoms with Crippen LogP contribution in [0.15, 0.2) is 61.2 Å². The highest BCUT2D eigenvalue weighted by molar-refractivity contribution is 6.61. The number of benzene rings is 2. The van der Waals surface area contributed by atoms with Crippen LogP contribution in [0.2, 0.25) is 0 Å². The second-order valence-corrected chi connectivity index (χ2v) is 14.1. The van der Waals surface area contributed by atoms with Crippen LogP contribution in [0.3, 0.4) is 0 Å². The van der Waals surface area contributed by atoms with E-state index in [1.807, 2.05) is 106 Å². The first-order chi connectivity index (χ1) is 26.8. The Balaban J connectivity index is 0.000000493. The predicted octanol–water partition coefficient (Wildman–Crippen LogP) is 9.10. The number of hydrogen-bond acceptors (Lipinski definition) is 13. The molecule has 0 aliphatic heterocycles. The van der Waals surface area contributed by atoms with Crippen LogP contribution in [0.1, 0.15) is 73.9 Å². The van der Waals surface area contributed by atoms with Crippen LogP contribution in [0.25, 0.3) is 35.2 Å². The van der Waals surface area contributed by atoms with Gasteiger partial charge in [-0.1, -0.05) is 35.1 Å². The van der Waals surface area contributed by atoms with Crippen LogP contribution in [0.5, 0.6) is 11.5 Å². The molecule has 0 atom stereocenters. The van der Waals surface area contributed by atoms with Crippen molar-refractivity contribution in [3.8, 4) is 34.3 Å². The van der Waals surface area contributed by atoms with Gasteiger partial charge in [0.15, 0.2) is 11.6 Å². The summed E-state index contributed by atoms with van der Waals surface area (Å²) < 4.78 is 27.8. The monoisotopic (exact) mass is 826 g/mol. The molecule has 0 saturated carbocycles. The van der Waals surface area contributed by atoms with Gasteiger partial charge >= 0.3 is 23.5 Å². The molecule has 0 radical (unpaired) electrons. The number of esters is 1. The highest BCUT2D eigenvalue weighted by atomic mass is 35.5. The third kappa shape index (κ3) is 20.8. The molecule has 58 heavy (non-hydrogen) atoms. The van der Waals surface area contributed by atoms with Gasteiger partial charge in [0, 0.05) is 47.3 Å². The predicted molar refractivity (Wildman–Crippen MR) is 221 cm³/mol. The lowest BCUT2D eigenvalue weighted by Crippen LogP contribution is -2.14. The Morgan fingerprint density at radius 1 is 0.690 bits per heavy atom. The Kier molecular flexibility index (Phi) is 21.8. The minimum absolute atomic E-state index is 0. The van der Waals surface area contributed by atoms with Crippen LogP contribution in [-0.2, 0) is 23.8 Å². The number of rotatable bonds is 14. The second kappa shape index (κ2) is 25.3. The van der Waals surface area contributed by atoms with E-state index in [0.29, 0.717) is 24.2 Å². The fraction of sp³-hybridized carbons (Fsp3) is 0.415. The van der Waals surface area contributed by atoms with Crippen LogP contribution in [0.4, 0.5) is 9.59 Å². The summed E-state index contributed by atoms with van der Waals surface area (Å²) in [5, 5.41) is 17.1. The molecule has 1 N–H and O–H groups in total. The van der Waals surface area contributed by atoms with E-state index in [1.54, 1.807) is 0 Å². The zero-order valence-electron chi connectivity index (χ0n) is 33.8. The first kappa shape index (κ1) is 50.0. The number of carboxylic acids is 1. The molecule has 2 aromatic carbocycles. The minimum Gasteiger partial charge on any atom is -0.491 e. The number of ether oxygens (including phenoxy) is 5. The highest BCUT2D eigenvalue weighted by Gasteiger charge is 2.12. The van der Waals surface area contributed by atoms with Gasteiger partial charge in [0.2, 0.25) is 0 Å². The van der Waals surface area contributed by atoms with Crippen molar-refractivity contribution in [3.63, 3.8) is 0 Å². The largest absolute Gasteiger partial charge is 0.516 e. The molecule has 0 fully saturated rings. The number of carboxylic acid groups (broad SMARTS) is 1. The van der Waals surface area contributed by atoms with E-state index >= 15 is 0 Å². The van der Waals surface area contributed by atoms with Gasteiger partial charge in [-0.2, -0.15) is 0 Å². The number of aliphatic carboxylic acids is 1. The number of aromatic nitrogens is 6. The lowest BCUT2D eigenvalue weighted by molar-refractivity contribution is -0.134. The maximum atomic E-state index is 11.7. The fourth-order valence-electron chi connectivity index (χ4n) is 4.28. The summed E-state index contributed by atoms with van der Waals surface area (Å²) in [6, 6.07) is 11.5. The molecule has 0 unspecified atom stereocenters. The number of carbonyl (C=O) groups is 4. The molecule has 0 amide bonds. The summed E-state index contributed by atoms with van der Waals surface area (Å²) in [6.07, 6.45) is 6.77. The summed E-state index contributed by atoms with van der Waals surface area (Å²) >= 11 is 4.86. The maximum absolute atomic E-state index is 11.7. The van der Waals surface area contributed by atoms with Crippen molar-refractivity contribution in [2.45, 2.75) is 88.9 Å². The summed E-state index contributed by atoms with van der Waals surface area (Å²) in [6.45, 7) is 20.0. The Bertz CT molecular complexity index is 1980. The van der Waals surface area contributed by atoms with Gasteiger partial charge in [0.25, 0.3) is 0 Å². The molecular formula is C41H55ClN6O10. The summed E-state index contributed by atoms with van der Waals surface area (Å²) in [5.41, 5.74) is 2.96. The van der Waals surface area contributed by atoms with Gasteiger partial charge in [0.05, 0.1) is 25.4 Å². The van der Waals surface area contributed by atoms with E-state index in [2.05, 4.69) is 29.6 Å². The molecule has 4 aromatic rings. The van der Waals surface area contributed by atoms with E-state index in [1.165, 1.54) is 34.4 Å². The van der Waals surface area contributed by atoms with Crippen molar-refractivity contribution < 1.29 is 48.0 Å². The fourth-order valence-corrected chi connectivity index (χ4v) is 4.35. The maximum Gasteiger partial charge on any atom is 0.516 e. The molecule has 17 heteroatoms. The molecule has 2 heterocycles. The molecule has 0 bridgehead atoms. The van der Waals surface area contributed by atoms with Crippen molar-refractivity contribution >= 4 is 47.5 Å². The molecule has 0 spiro atoms. The van der Waals surface area contributed by atoms with Crippen molar-refractivity contribution in [2.24, 2.45) is 11.8 Å². The molecule has 2 aromatic heterocycles. The quantitative estimate of drug-likeness (QED) is 0.0547. The Morgan fingerprint density at radius 3 is 1.50 bits per heavy atom. The van der Waals surface area contributed by atoms with Crippen molar-refractivity contribution in [1.82, 2.24) is 29.5 Å². The van der Waals surface area contributed by atoms with Crippen molar-refractivity contribution in [2.75, 3.05) is 13.2 Å². The van der Waals surface area contributed by atoms with E-state index in [-0.39, 0.29) is 32.2 Å². The SMILES string of the molecule is C.CC(C)COC(=O)Cl.Cc1cc(OC(C)C)cc(-c2ncn(/C=C\C(=O)O)n2)c1.Cc1cc(OC(C)C)cc(-c2ncn(/C=C\C(=O)OC(=O)OCC(C)C)n2)c1. The minimum atomic E-state index is -1.03. The van der Waals surface area contributed by atoms with Crippen LogP contribution in [-0.4, -0.2) is 83.6 Å². The smallest absolute Gasteiger partial charge is 0.491 e. The van der Waals surface area contributed by atoms with Crippen molar-refractivity contribution in [1.29, 1.82) is 0 Å². The third-order valence-corrected chi connectivity index (χ3v) is 6.47. The van der Waals surface area contributed by atoms with Gasteiger partial charge in [-0.25, -0.2) is 38.5 Å². The van der Waals surface area contributed by atoms with Crippen molar-refractivity contribution in [3.05, 3.63) is 72.3 Å². The first-order valence-corrected chi connectivity index (χ1v) is 18.4. The number of hydrogen-bond donors (Lipinski definition) is 1. The average Bonchev–Trinajstić information content (AvgIpc) is 3.78. The standard InChI is InChI=1S/C20H25N3O5.C15H17N3O3.C5H9ClO2.CH4/c1-13(2)11-26-20(25)28-18(24)6-7-23-12-21-19(22-23)16-8-15(5)9-17(10-16)27-14(3)4;1-10(2)21-13-7-11(3)6-12(8-13)15-16-9-18(17-15)5-4-14(19)20;1-4(2)3-8-5(6)7;/h6-10,12-14H,11H2,1-5H3;4-10H,1-3H3,(H,19,20);4H,3H2,1-2H3;1H4/b7-6-;5-4-;;. The molecule has 4 rings (SSSR count). The van der Waals surface area contributed by atoms with Gasteiger partial charge in [-0.05, 0) is 101 Å². The Labute approximate surface area is 344 Å².